The van der Waals surface area contributed by atoms with Gasteiger partial charge < -0.3 is 24.3 Å². The molecule has 0 aromatic heterocycles. The van der Waals surface area contributed by atoms with Gasteiger partial charge in [0.05, 0.1) is 32.6 Å². The molecule has 0 saturated heterocycles. The van der Waals surface area contributed by atoms with Crippen LogP contribution in [0, 0.1) is 6.92 Å². The minimum atomic E-state index is -0.615. The molecule has 2 rings (SSSR count). The third-order valence-electron chi connectivity index (χ3n) is 3.70. The number of hydrogen-bond donors (Lipinski definition) is 1. The number of rotatable bonds is 7. The molecule has 1 N–H and O–H groups in total. The summed E-state index contributed by atoms with van der Waals surface area (Å²) in [4.78, 5) is 24.3. The fourth-order valence-electron chi connectivity index (χ4n) is 2.37. The van der Waals surface area contributed by atoms with Gasteiger partial charge >= 0.3 is 5.97 Å². The molecular weight excluding hydrogens is 418 g/mol. The molecule has 8 heteroatoms. The standard InChI is InChI=1S/C19H20BrNO6/c1-11-7-12(20)5-6-15(11)27-10-18(22)21-14-9-17(25-3)16(24-2)8-13(14)19(23)26-4/h5-9H,10H2,1-4H3,(H,21,22). The average molecular weight is 438 g/mol. The van der Waals surface area contributed by atoms with Gasteiger partial charge in [-0.05, 0) is 30.7 Å². The molecule has 0 radical (unpaired) electrons. The predicted octanol–water partition coefficient (Wildman–Crippen LogP) is 3.58. The Balaban J connectivity index is 2.19. The van der Waals surface area contributed by atoms with Crippen LogP contribution >= 0.6 is 15.9 Å². The number of halogens is 1. The zero-order chi connectivity index (χ0) is 20.0. The van der Waals surface area contributed by atoms with E-state index in [0.717, 1.165) is 10.0 Å². The zero-order valence-corrected chi connectivity index (χ0v) is 17.0. The molecule has 144 valence electrons. The first-order chi connectivity index (χ1) is 12.9. The van der Waals surface area contributed by atoms with E-state index in [1.165, 1.54) is 33.5 Å². The lowest BCUT2D eigenvalue weighted by molar-refractivity contribution is -0.118. The molecule has 0 atom stereocenters. The lowest BCUT2D eigenvalue weighted by atomic mass is 10.1. The Morgan fingerprint density at radius 3 is 2.26 bits per heavy atom. The van der Waals surface area contributed by atoms with Crippen molar-refractivity contribution in [1.82, 2.24) is 0 Å². The second-order valence-electron chi connectivity index (χ2n) is 5.49. The second kappa shape index (κ2) is 9.27. The van der Waals surface area contributed by atoms with Crippen molar-refractivity contribution in [2.75, 3.05) is 33.3 Å². The summed E-state index contributed by atoms with van der Waals surface area (Å²) >= 11 is 3.37. The molecule has 0 heterocycles. The van der Waals surface area contributed by atoms with Crippen LogP contribution < -0.4 is 19.5 Å². The minimum absolute atomic E-state index is 0.142. The van der Waals surface area contributed by atoms with Gasteiger partial charge in [0.1, 0.15) is 5.75 Å². The summed E-state index contributed by atoms with van der Waals surface area (Å²) in [5, 5.41) is 2.64. The summed E-state index contributed by atoms with van der Waals surface area (Å²) < 4.78 is 21.6. The Bertz CT molecular complexity index is 852. The highest BCUT2D eigenvalue weighted by atomic mass is 79.9. The number of benzene rings is 2. The van der Waals surface area contributed by atoms with Gasteiger partial charge in [0.25, 0.3) is 5.91 Å². The number of carbonyl (C=O) groups is 2. The Hall–Kier alpha value is -2.74. The Morgan fingerprint density at radius 1 is 1.00 bits per heavy atom. The van der Waals surface area contributed by atoms with Crippen molar-refractivity contribution in [3.05, 3.63) is 45.9 Å². The number of ether oxygens (including phenoxy) is 4. The summed E-state index contributed by atoms with van der Waals surface area (Å²) in [7, 11) is 4.16. The van der Waals surface area contributed by atoms with E-state index in [9.17, 15) is 9.59 Å². The number of anilines is 1. The van der Waals surface area contributed by atoms with E-state index < -0.39 is 11.9 Å². The van der Waals surface area contributed by atoms with E-state index in [1.54, 1.807) is 6.07 Å². The number of hydrogen-bond acceptors (Lipinski definition) is 6. The van der Waals surface area contributed by atoms with Crippen LogP contribution in [0.15, 0.2) is 34.8 Å². The topological polar surface area (TPSA) is 83.1 Å². The monoisotopic (exact) mass is 437 g/mol. The van der Waals surface area contributed by atoms with Crippen LogP contribution in [0.2, 0.25) is 0 Å². The maximum atomic E-state index is 12.3. The van der Waals surface area contributed by atoms with Crippen LogP contribution in [0.25, 0.3) is 0 Å². The SMILES string of the molecule is COC(=O)c1cc(OC)c(OC)cc1NC(=O)COc1ccc(Br)cc1C. The maximum absolute atomic E-state index is 12.3. The Morgan fingerprint density at radius 2 is 1.67 bits per heavy atom. The first-order valence-corrected chi connectivity index (χ1v) is 8.72. The molecule has 0 aliphatic heterocycles. The van der Waals surface area contributed by atoms with Gasteiger partial charge in [-0.3, -0.25) is 4.79 Å². The third-order valence-corrected chi connectivity index (χ3v) is 4.19. The molecule has 1 amide bonds. The summed E-state index contributed by atoms with van der Waals surface area (Å²) in [5.41, 5.74) is 1.27. The number of aryl methyl sites for hydroxylation is 1. The van der Waals surface area contributed by atoms with E-state index >= 15 is 0 Å². The number of carbonyl (C=O) groups excluding carboxylic acids is 2. The number of esters is 1. The van der Waals surface area contributed by atoms with E-state index in [0.29, 0.717) is 17.2 Å². The maximum Gasteiger partial charge on any atom is 0.340 e. The van der Waals surface area contributed by atoms with Crippen molar-refractivity contribution in [1.29, 1.82) is 0 Å². The molecule has 27 heavy (non-hydrogen) atoms. The molecule has 0 bridgehead atoms. The zero-order valence-electron chi connectivity index (χ0n) is 15.4. The summed E-state index contributed by atoms with van der Waals surface area (Å²) in [6.45, 7) is 1.65. The van der Waals surface area contributed by atoms with Crippen molar-refractivity contribution in [3.63, 3.8) is 0 Å². The van der Waals surface area contributed by atoms with Crippen LogP contribution in [-0.2, 0) is 9.53 Å². The fraction of sp³-hybridized carbons (Fsp3) is 0.263. The van der Waals surface area contributed by atoms with Gasteiger partial charge in [-0.1, -0.05) is 15.9 Å². The van der Waals surface area contributed by atoms with Crippen molar-refractivity contribution in [3.8, 4) is 17.2 Å². The molecular formula is C19H20BrNO6. The van der Waals surface area contributed by atoms with Gasteiger partial charge in [0.2, 0.25) is 0 Å². The van der Waals surface area contributed by atoms with Crippen LogP contribution in [0.5, 0.6) is 17.2 Å². The first kappa shape index (κ1) is 20.6. The van der Waals surface area contributed by atoms with Gasteiger partial charge in [-0.2, -0.15) is 0 Å². The van der Waals surface area contributed by atoms with Gasteiger partial charge in [0, 0.05) is 16.6 Å². The molecule has 0 spiro atoms. The number of amides is 1. The molecule has 0 aliphatic rings. The minimum Gasteiger partial charge on any atom is -0.493 e. The molecule has 2 aromatic rings. The first-order valence-electron chi connectivity index (χ1n) is 7.92. The van der Waals surface area contributed by atoms with Crippen LogP contribution in [0.1, 0.15) is 15.9 Å². The predicted molar refractivity (Wildman–Crippen MR) is 104 cm³/mol. The quantitative estimate of drug-likeness (QED) is 0.666. The van der Waals surface area contributed by atoms with Gasteiger partial charge in [-0.15, -0.1) is 0 Å². The Labute approximate surface area is 165 Å². The molecule has 2 aromatic carbocycles. The Kier molecular flexibility index (Phi) is 7.06. The smallest absolute Gasteiger partial charge is 0.340 e. The number of nitrogens with one attached hydrogen (secondary N) is 1. The third kappa shape index (κ3) is 5.13. The largest absolute Gasteiger partial charge is 0.493 e. The van der Waals surface area contributed by atoms with Crippen LogP contribution in [-0.4, -0.2) is 39.8 Å². The van der Waals surface area contributed by atoms with Crippen molar-refractivity contribution in [2.24, 2.45) is 0 Å². The highest BCUT2D eigenvalue weighted by Gasteiger charge is 2.19. The highest BCUT2D eigenvalue weighted by Crippen LogP contribution is 2.33. The molecule has 7 nitrogen and oxygen atoms in total. The molecule has 0 fully saturated rings. The summed E-state index contributed by atoms with van der Waals surface area (Å²) in [6.07, 6.45) is 0. The molecule has 0 aliphatic carbocycles. The van der Waals surface area contributed by atoms with Gasteiger partial charge in [0.15, 0.2) is 18.1 Å². The second-order valence-corrected chi connectivity index (χ2v) is 6.41. The molecule has 0 unspecified atom stereocenters. The lowest BCUT2D eigenvalue weighted by Crippen LogP contribution is -2.22. The van der Waals surface area contributed by atoms with Crippen molar-refractivity contribution in [2.45, 2.75) is 6.92 Å². The fourth-order valence-corrected chi connectivity index (χ4v) is 2.84. The summed E-state index contributed by atoms with van der Waals surface area (Å²) in [6, 6.07) is 8.41. The average Bonchev–Trinajstić information content (AvgIpc) is 2.66. The van der Waals surface area contributed by atoms with E-state index in [4.69, 9.17) is 18.9 Å². The van der Waals surface area contributed by atoms with Gasteiger partial charge in [-0.25, -0.2) is 4.79 Å². The normalized spacial score (nSPS) is 10.1. The lowest BCUT2D eigenvalue weighted by Gasteiger charge is -2.15. The molecule has 0 saturated carbocycles. The summed E-state index contributed by atoms with van der Waals surface area (Å²) in [5.74, 6) is 0.252. The van der Waals surface area contributed by atoms with E-state index in [-0.39, 0.29) is 17.9 Å². The van der Waals surface area contributed by atoms with Crippen molar-refractivity contribution < 1.29 is 28.5 Å². The van der Waals surface area contributed by atoms with E-state index in [2.05, 4.69) is 21.2 Å². The van der Waals surface area contributed by atoms with Crippen LogP contribution in [0.4, 0.5) is 5.69 Å². The van der Waals surface area contributed by atoms with Crippen molar-refractivity contribution >= 4 is 33.5 Å². The number of methoxy groups -OCH3 is 3. The highest BCUT2D eigenvalue weighted by molar-refractivity contribution is 9.10. The van der Waals surface area contributed by atoms with E-state index in [1.807, 2.05) is 19.1 Å². The van der Waals surface area contributed by atoms with Crippen LogP contribution in [0.3, 0.4) is 0 Å².